The molecule has 2 saturated heterocycles. The van der Waals surface area contributed by atoms with Gasteiger partial charge in [0, 0.05) is 22.8 Å². The quantitative estimate of drug-likeness (QED) is 0.657. The third-order valence-electron chi connectivity index (χ3n) is 4.90. The molecule has 3 nitrogen and oxygen atoms in total. The van der Waals surface area contributed by atoms with E-state index in [1.54, 1.807) is 0 Å². The molecule has 3 rings (SSSR count). The molecule has 92 valence electrons. The number of hydrogen-bond acceptors (Lipinski definition) is 3. The maximum absolute atomic E-state index is 6.51. The van der Waals surface area contributed by atoms with Gasteiger partial charge in [-0.25, -0.2) is 0 Å². The number of likely N-dealkylation sites (tertiary alicyclic amines) is 1. The molecule has 4 heteroatoms. The molecule has 3 aliphatic rings. The SMILES string of the molecule is CN1CCC2C(N)C3CC(Br)CCC3NC21. The lowest BCUT2D eigenvalue weighted by molar-refractivity contribution is 0.0694. The second kappa shape index (κ2) is 4.23. The fourth-order valence-electron chi connectivity index (χ4n) is 3.95. The average Bonchev–Trinajstić information content (AvgIpc) is 2.63. The first-order valence-corrected chi connectivity index (χ1v) is 7.44. The molecule has 0 aromatic heterocycles. The fraction of sp³-hybridized carbons (Fsp3) is 1.00. The van der Waals surface area contributed by atoms with Crippen LogP contribution in [0.4, 0.5) is 0 Å². The molecule has 6 atom stereocenters. The highest BCUT2D eigenvalue weighted by atomic mass is 79.9. The third-order valence-corrected chi connectivity index (χ3v) is 5.74. The summed E-state index contributed by atoms with van der Waals surface area (Å²) >= 11 is 3.77. The van der Waals surface area contributed by atoms with E-state index < -0.39 is 0 Å². The second-order valence-electron chi connectivity index (χ2n) is 5.80. The molecule has 0 bridgehead atoms. The number of nitrogens with zero attached hydrogens (tertiary/aromatic N) is 1. The van der Waals surface area contributed by atoms with Gasteiger partial charge in [-0.2, -0.15) is 0 Å². The number of hydrogen-bond donors (Lipinski definition) is 2. The van der Waals surface area contributed by atoms with Gasteiger partial charge in [0.25, 0.3) is 0 Å². The van der Waals surface area contributed by atoms with Gasteiger partial charge in [-0.1, -0.05) is 15.9 Å². The summed E-state index contributed by atoms with van der Waals surface area (Å²) in [5.41, 5.74) is 6.51. The molecule has 3 N–H and O–H groups in total. The Labute approximate surface area is 106 Å². The van der Waals surface area contributed by atoms with Crippen molar-refractivity contribution in [2.24, 2.45) is 17.6 Å². The van der Waals surface area contributed by atoms with Crippen molar-refractivity contribution in [2.45, 2.75) is 48.8 Å². The number of fused-ring (bicyclic) bond motifs is 2. The highest BCUT2D eigenvalue weighted by molar-refractivity contribution is 9.09. The Kier molecular flexibility index (Phi) is 3.03. The van der Waals surface area contributed by atoms with Crippen LogP contribution in [-0.4, -0.2) is 41.6 Å². The third kappa shape index (κ3) is 1.74. The topological polar surface area (TPSA) is 41.3 Å². The van der Waals surface area contributed by atoms with Gasteiger partial charge in [0.05, 0.1) is 6.17 Å². The molecule has 1 saturated carbocycles. The first-order chi connectivity index (χ1) is 7.66. The molecule has 0 spiro atoms. The minimum atomic E-state index is 0.404. The van der Waals surface area contributed by atoms with Crippen LogP contribution in [0.15, 0.2) is 0 Å². The molecule has 0 aromatic rings. The van der Waals surface area contributed by atoms with E-state index in [4.69, 9.17) is 5.73 Å². The zero-order chi connectivity index (χ0) is 11.3. The molecular formula is C12H22BrN3. The van der Waals surface area contributed by atoms with Crippen LogP contribution in [0.3, 0.4) is 0 Å². The summed E-state index contributed by atoms with van der Waals surface area (Å²) in [4.78, 5) is 3.14. The van der Waals surface area contributed by atoms with Crippen molar-refractivity contribution in [3.8, 4) is 0 Å². The second-order valence-corrected chi connectivity index (χ2v) is 7.10. The normalized spacial score (nSPS) is 53.4. The Bertz CT molecular complexity index is 273. The van der Waals surface area contributed by atoms with Gasteiger partial charge < -0.3 is 5.73 Å². The maximum atomic E-state index is 6.51. The zero-order valence-corrected chi connectivity index (χ0v) is 11.5. The van der Waals surface area contributed by atoms with Crippen molar-refractivity contribution in [1.82, 2.24) is 10.2 Å². The van der Waals surface area contributed by atoms with Crippen LogP contribution in [0.25, 0.3) is 0 Å². The Hall–Kier alpha value is 0.360. The standard InChI is InChI=1S/C12H22BrN3/c1-16-5-4-8-11(14)9-6-7(13)2-3-10(9)15-12(8)16/h7-12,15H,2-6,14H2,1H3. The van der Waals surface area contributed by atoms with Crippen LogP contribution in [0.1, 0.15) is 25.7 Å². The van der Waals surface area contributed by atoms with Gasteiger partial charge in [0.1, 0.15) is 0 Å². The summed E-state index contributed by atoms with van der Waals surface area (Å²) < 4.78 is 0. The van der Waals surface area contributed by atoms with E-state index in [1.165, 1.54) is 32.2 Å². The lowest BCUT2D eigenvalue weighted by Crippen LogP contribution is -2.64. The first-order valence-electron chi connectivity index (χ1n) is 6.53. The highest BCUT2D eigenvalue weighted by Gasteiger charge is 2.48. The van der Waals surface area contributed by atoms with Gasteiger partial charge >= 0.3 is 0 Å². The summed E-state index contributed by atoms with van der Waals surface area (Å²) in [5, 5.41) is 3.84. The van der Waals surface area contributed by atoms with Gasteiger partial charge in [-0.3, -0.25) is 10.2 Å². The van der Waals surface area contributed by atoms with E-state index >= 15 is 0 Å². The molecule has 1 aliphatic carbocycles. The molecule has 2 heterocycles. The summed E-state index contributed by atoms with van der Waals surface area (Å²) in [6.07, 6.45) is 5.65. The van der Waals surface area contributed by atoms with Crippen molar-refractivity contribution in [1.29, 1.82) is 0 Å². The summed E-state index contributed by atoms with van der Waals surface area (Å²) in [6, 6.07) is 1.06. The number of nitrogens with one attached hydrogen (secondary N) is 1. The molecule has 3 fully saturated rings. The van der Waals surface area contributed by atoms with Crippen LogP contribution < -0.4 is 11.1 Å². The van der Waals surface area contributed by atoms with E-state index in [0.717, 1.165) is 0 Å². The lowest BCUT2D eigenvalue weighted by Gasteiger charge is -2.48. The molecule has 2 aliphatic heterocycles. The van der Waals surface area contributed by atoms with E-state index in [0.29, 0.717) is 34.9 Å². The Balaban J connectivity index is 1.78. The summed E-state index contributed by atoms with van der Waals surface area (Å²) in [6.45, 7) is 1.20. The van der Waals surface area contributed by atoms with Crippen molar-refractivity contribution in [3.05, 3.63) is 0 Å². The van der Waals surface area contributed by atoms with Gasteiger partial charge in [0.2, 0.25) is 0 Å². The van der Waals surface area contributed by atoms with Gasteiger partial charge in [0.15, 0.2) is 0 Å². The number of nitrogens with two attached hydrogens (primary N) is 1. The van der Waals surface area contributed by atoms with E-state index in [9.17, 15) is 0 Å². The molecular weight excluding hydrogens is 266 g/mol. The van der Waals surface area contributed by atoms with Crippen LogP contribution >= 0.6 is 15.9 Å². The van der Waals surface area contributed by atoms with Crippen molar-refractivity contribution >= 4 is 15.9 Å². The largest absolute Gasteiger partial charge is 0.327 e. The number of rotatable bonds is 0. The molecule has 0 amide bonds. The van der Waals surface area contributed by atoms with E-state index in [2.05, 4.69) is 33.2 Å². The first kappa shape index (κ1) is 11.5. The predicted octanol–water partition coefficient (Wildman–Crippen LogP) is 1.13. The lowest BCUT2D eigenvalue weighted by atomic mass is 9.71. The average molecular weight is 288 g/mol. The zero-order valence-electron chi connectivity index (χ0n) is 9.90. The van der Waals surface area contributed by atoms with Crippen LogP contribution in [0, 0.1) is 11.8 Å². The van der Waals surface area contributed by atoms with Crippen LogP contribution in [0.2, 0.25) is 0 Å². The molecule has 0 radical (unpaired) electrons. The van der Waals surface area contributed by atoms with E-state index in [1.807, 2.05) is 0 Å². The summed E-state index contributed by atoms with van der Waals surface area (Å²) in [5.74, 6) is 1.36. The number of halogens is 1. The fourth-order valence-corrected chi connectivity index (χ4v) is 4.65. The van der Waals surface area contributed by atoms with Gasteiger partial charge in [-0.05, 0) is 45.2 Å². The summed E-state index contributed by atoms with van der Waals surface area (Å²) in [7, 11) is 2.22. The Morgan fingerprint density at radius 3 is 2.88 bits per heavy atom. The van der Waals surface area contributed by atoms with Gasteiger partial charge in [-0.15, -0.1) is 0 Å². The molecule has 0 aromatic carbocycles. The predicted molar refractivity (Wildman–Crippen MR) is 69.5 cm³/mol. The number of piperidine rings is 1. The number of alkyl halides is 1. The monoisotopic (exact) mass is 287 g/mol. The maximum Gasteiger partial charge on any atom is 0.0641 e. The highest BCUT2D eigenvalue weighted by Crippen LogP contribution is 2.40. The smallest absolute Gasteiger partial charge is 0.0641 e. The van der Waals surface area contributed by atoms with Crippen molar-refractivity contribution < 1.29 is 0 Å². The Morgan fingerprint density at radius 1 is 1.25 bits per heavy atom. The van der Waals surface area contributed by atoms with Crippen molar-refractivity contribution in [3.63, 3.8) is 0 Å². The molecule has 16 heavy (non-hydrogen) atoms. The van der Waals surface area contributed by atoms with Crippen molar-refractivity contribution in [2.75, 3.05) is 13.6 Å². The van der Waals surface area contributed by atoms with Crippen LogP contribution in [-0.2, 0) is 0 Å². The minimum Gasteiger partial charge on any atom is -0.327 e. The van der Waals surface area contributed by atoms with Crippen LogP contribution in [0.5, 0.6) is 0 Å². The Morgan fingerprint density at radius 2 is 2.06 bits per heavy atom. The molecule has 6 unspecified atom stereocenters. The van der Waals surface area contributed by atoms with E-state index in [-0.39, 0.29) is 0 Å². The minimum absolute atomic E-state index is 0.404.